The van der Waals surface area contributed by atoms with E-state index in [0.29, 0.717) is 6.16 Å². The molecule has 0 atom stereocenters. The summed E-state index contributed by atoms with van der Waals surface area (Å²) in [5.74, 6) is -0.748. The maximum atomic E-state index is 11.4. The summed E-state index contributed by atoms with van der Waals surface area (Å²) in [6.07, 6.45) is 0.785. The Labute approximate surface area is 159 Å². The smallest absolute Gasteiger partial charge is 0.303 e. The molecule has 129 valence electrons. The molecule has 0 amide bonds. The third kappa shape index (κ3) is 4.18. The standard InChI is InChI=1S/C21H20O2P.BrH/c22-21(23)16-17-24(18-10-4-1-5-11-18,19-12-6-2-7-13-19)20-14-8-3-9-15-20;/h1-15H,16-17H2,(H,22,23);1H. The number of hydrogen-bond acceptors (Lipinski definition) is 1. The number of carboxylic acids is 1. The zero-order chi connectivity index (χ0) is 16.8. The molecule has 1 N–H and O–H groups in total. The van der Waals surface area contributed by atoms with E-state index < -0.39 is 13.2 Å². The average Bonchev–Trinajstić information content (AvgIpc) is 2.65. The highest BCUT2D eigenvalue weighted by Crippen LogP contribution is 2.55. The Hall–Kier alpha value is -1.96. The highest BCUT2D eigenvalue weighted by atomic mass is 79.9. The predicted molar refractivity (Wildman–Crippen MR) is 113 cm³/mol. The molecule has 2 nitrogen and oxygen atoms in total. The molecule has 0 aliphatic carbocycles. The molecule has 0 aromatic heterocycles. The fourth-order valence-corrected chi connectivity index (χ4v) is 7.38. The third-order valence-corrected chi connectivity index (χ3v) is 8.69. The molecule has 0 bridgehead atoms. The van der Waals surface area contributed by atoms with Crippen LogP contribution in [0.4, 0.5) is 0 Å². The van der Waals surface area contributed by atoms with Gasteiger partial charge in [0.05, 0.1) is 0 Å². The zero-order valence-electron chi connectivity index (χ0n) is 13.8. The Balaban J connectivity index is 0.00000225. The summed E-state index contributed by atoms with van der Waals surface area (Å²) in [6.45, 7) is 0. The second kappa shape index (κ2) is 8.94. The van der Waals surface area contributed by atoms with Gasteiger partial charge in [-0.25, -0.2) is 0 Å². The summed E-state index contributed by atoms with van der Waals surface area (Å²) in [5, 5.41) is 13.0. The van der Waals surface area contributed by atoms with Gasteiger partial charge in [0, 0.05) is 6.42 Å². The molecule has 0 aliphatic heterocycles. The molecule has 3 aromatic rings. The Bertz CT molecular complexity index is 695. The van der Waals surface area contributed by atoms with E-state index in [2.05, 4.69) is 36.4 Å². The van der Waals surface area contributed by atoms with E-state index in [4.69, 9.17) is 0 Å². The maximum absolute atomic E-state index is 11.4. The highest BCUT2D eigenvalue weighted by Gasteiger charge is 2.34. The topological polar surface area (TPSA) is 37.3 Å². The van der Waals surface area contributed by atoms with Crippen LogP contribution in [0, 0.1) is 0 Å². The van der Waals surface area contributed by atoms with Crippen LogP contribution in [-0.4, -0.2) is 17.2 Å². The van der Waals surface area contributed by atoms with Crippen molar-refractivity contribution in [2.24, 2.45) is 0 Å². The molecule has 0 saturated carbocycles. The number of halogens is 1. The molecule has 0 saturated heterocycles. The normalized spacial score (nSPS) is 10.7. The SMILES string of the molecule is Br.O=C(O)CC[P](c1ccccc1)(c1ccccc1)c1ccccc1. The van der Waals surface area contributed by atoms with Gasteiger partial charge in [0.1, 0.15) is 0 Å². The van der Waals surface area contributed by atoms with E-state index in [1.54, 1.807) is 0 Å². The number of benzene rings is 3. The minimum Gasteiger partial charge on any atom is -0.481 e. The average molecular weight is 416 g/mol. The molecule has 3 aromatic carbocycles. The summed E-state index contributed by atoms with van der Waals surface area (Å²) in [4.78, 5) is 11.4. The van der Waals surface area contributed by atoms with Crippen LogP contribution in [0.25, 0.3) is 0 Å². The number of hydrogen-bond donors (Lipinski definition) is 1. The van der Waals surface area contributed by atoms with Crippen LogP contribution in [0.2, 0.25) is 0 Å². The van der Waals surface area contributed by atoms with Crippen LogP contribution in [0.3, 0.4) is 0 Å². The first-order chi connectivity index (χ1) is 11.7. The van der Waals surface area contributed by atoms with Gasteiger partial charge in [-0.15, -0.1) is 17.0 Å². The van der Waals surface area contributed by atoms with E-state index in [9.17, 15) is 9.90 Å². The first-order valence-electron chi connectivity index (χ1n) is 8.00. The fourth-order valence-electron chi connectivity index (χ4n) is 3.15. The Morgan fingerprint density at radius 3 is 1.28 bits per heavy atom. The molecule has 1 radical (unpaired) electrons. The van der Waals surface area contributed by atoms with Crippen molar-refractivity contribution in [1.82, 2.24) is 0 Å². The summed E-state index contributed by atoms with van der Waals surface area (Å²) in [5.41, 5.74) is 0. The van der Waals surface area contributed by atoms with Crippen molar-refractivity contribution in [3.05, 3.63) is 91.0 Å². The van der Waals surface area contributed by atoms with Crippen molar-refractivity contribution in [3.8, 4) is 0 Å². The van der Waals surface area contributed by atoms with Gasteiger partial charge in [-0.1, -0.05) is 91.0 Å². The number of carboxylic acid groups (broad SMARTS) is 1. The van der Waals surface area contributed by atoms with Gasteiger partial charge in [0.15, 0.2) is 0 Å². The quantitative estimate of drug-likeness (QED) is 0.617. The van der Waals surface area contributed by atoms with Gasteiger partial charge in [-0.3, -0.25) is 4.79 Å². The first kappa shape index (κ1) is 19.4. The summed E-state index contributed by atoms with van der Waals surface area (Å²) in [7, 11) is -1.99. The fraction of sp³-hybridized carbons (Fsp3) is 0.0952. The van der Waals surface area contributed by atoms with Crippen molar-refractivity contribution in [2.45, 2.75) is 6.42 Å². The van der Waals surface area contributed by atoms with E-state index in [-0.39, 0.29) is 23.4 Å². The van der Waals surface area contributed by atoms with Gasteiger partial charge < -0.3 is 5.11 Å². The van der Waals surface area contributed by atoms with Gasteiger partial charge in [0.25, 0.3) is 0 Å². The summed E-state index contributed by atoms with van der Waals surface area (Å²) >= 11 is 0. The highest BCUT2D eigenvalue weighted by molar-refractivity contribution is 8.93. The van der Waals surface area contributed by atoms with Crippen LogP contribution in [0.15, 0.2) is 91.0 Å². The van der Waals surface area contributed by atoms with Crippen LogP contribution in [0.1, 0.15) is 6.42 Å². The maximum Gasteiger partial charge on any atom is 0.303 e. The van der Waals surface area contributed by atoms with Crippen LogP contribution in [-0.2, 0) is 4.79 Å². The van der Waals surface area contributed by atoms with Gasteiger partial charge >= 0.3 is 5.97 Å². The van der Waals surface area contributed by atoms with Crippen molar-refractivity contribution in [1.29, 1.82) is 0 Å². The zero-order valence-corrected chi connectivity index (χ0v) is 16.4. The molecule has 4 heteroatoms. The van der Waals surface area contributed by atoms with E-state index in [1.165, 1.54) is 15.9 Å². The molecular formula is C21H21BrO2P. The molecule has 0 fully saturated rings. The lowest BCUT2D eigenvalue weighted by atomic mass is 10.4. The molecule has 3 rings (SSSR count). The minimum absolute atomic E-state index is 0. The first-order valence-corrected chi connectivity index (χ1v) is 9.97. The number of carbonyl (C=O) groups is 1. The molecule has 0 unspecified atom stereocenters. The van der Waals surface area contributed by atoms with E-state index >= 15 is 0 Å². The molecule has 25 heavy (non-hydrogen) atoms. The van der Waals surface area contributed by atoms with Crippen LogP contribution >= 0.6 is 24.2 Å². The molecule has 0 heterocycles. The Morgan fingerprint density at radius 1 is 0.680 bits per heavy atom. The van der Waals surface area contributed by atoms with Crippen LogP contribution < -0.4 is 15.9 Å². The lowest BCUT2D eigenvalue weighted by Crippen LogP contribution is -2.34. The van der Waals surface area contributed by atoms with Gasteiger partial charge in [0.2, 0.25) is 0 Å². The molecular weight excluding hydrogens is 395 g/mol. The second-order valence-corrected chi connectivity index (χ2v) is 9.30. The van der Waals surface area contributed by atoms with Crippen molar-refractivity contribution in [3.63, 3.8) is 0 Å². The largest absolute Gasteiger partial charge is 0.481 e. The molecule has 0 aliphatic rings. The van der Waals surface area contributed by atoms with Crippen LogP contribution in [0.5, 0.6) is 0 Å². The summed E-state index contributed by atoms with van der Waals surface area (Å²) < 4.78 is 0. The number of rotatable bonds is 6. The third-order valence-electron chi connectivity index (χ3n) is 4.25. The lowest BCUT2D eigenvalue weighted by molar-refractivity contribution is -0.136. The summed E-state index contributed by atoms with van der Waals surface area (Å²) in [6, 6.07) is 31.1. The predicted octanol–water partition coefficient (Wildman–Crippen LogP) is 4.03. The monoisotopic (exact) mass is 415 g/mol. The number of aliphatic carboxylic acids is 1. The second-order valence-electron chi connectivity index (χ2n) is 5.68. The van der Waals surface area contributed by atoms with Crippen molar-refractivity contribution in [2.75, 3.05) is 6.16 Å². The minimum atomic E-state index is -1.99. The van der Waals surface area contributed by atoms with Crippen molar-refractivity contribution >= 4 is 46.1 Å². The van der Waals surface area contributed by atoms with E-state index in [0.717, 1.165) is 0 Å². The Morgan fingerprint density at radius 2 is 1.00 bits per heavy atom. The van der Waals surface area contributed by atoms with E-state index in [1.807, 2.05) is 54.6 Å². The Kier molecular flexibility index (Phi) is 6.92. The lowest BCUT2D eigenvalue weighted by Gasteiger charge is -2.38. The van der Waals surface area contributed by atoms with Gasteiger partial charge in [-0.05, 0) is 29.3 Å². The van der Waals surface area contributed by atoms with Gasteiger partial charge in [-0.2, -0.15) is 0 Å². The molecule has 0 spiro atoms. The van der Waals surface area contributed by atoms with Crippen molar-refractivity contribution < 1.29 is 9.90 Å².